The molecule has 1 heterocycles. The number of aliphatic hydroxyl groups excluding tert-OH is 1. The molecule has 5 heteroatoms. The molecule has 0 saturated carbocycles. The van der Waals surface area contributed by atoms with Crippen LogP contribution in [0.1, 0.15) is 13.3 Å². The van der Waals surface area contributed by atoms with E-state index < -0.39 is 9.28 Å². The summed E-state index contributed by atoms with van der Waals surface area (Å²) in [5.41, 5.74) is 0. The first-order valence-corrected chi connectivity index (χ1v) is 7.19. The van der Waals surface area contributed by atoms with Crippen molar-refractivity contribution in [3.8, 4) is 0 Å². The summed E-state index contributed by atoms with van der Waals surface area (Å²) in [6.07, 6.45) is 1.15. The lowest BCUT2D eigenvalue weighted by atomic mass is 10.4. The summed E-state index contributed by atoms with van der Waals surface area (Å²) in [5.74, 6) is 0. The predicted octanol–water partition coefficient (Wildman–Crippen LogP) is -0.0420. The van der Waals surface area contributed by atoms with Crippen LogP contribution in [-0.2, 0) is 8.85 Å². The van der Waals surface area contributed by atoms with Crippen molar-refractivity contribution in [3.05, 3.63) is 0 Å². The molecule has 1 fully saturated rings. The minimum Gasteiger partial charge on any atom is -0.395 e. The van der Waals surface area contributed by atoms with Crippen molar-refractivity contribution in [2.24, 2.45) is 0 Å². The van der Waals surface area contributed by atoms with Gasteiger partial charge in [0, 0.05) is 32.8 Å². The second-order valence-electron chi connectivity index (χ2n) is 3.53. The fourth-order valence-electron chi connectivity index (χ4n) is 1.55. The van der Waals surface area contributed by atoms with Crippen molar-refractivity contribution in [3.63, 3.8) is 0 Å². The molecule has 0 aliphatic carbocycles. The second kappa shape index (κ2) is 7.36. The van der Waals surface area contributed by atoms with E-state index in [-0.39, 0.29) is 6.61 Å². The Morgan fingerprint density at radius 3 is 2.43 bits per heavy atom. The monoisotopic (exact) mass is 219 g/mol. The summed E-state index contributed by atoms with van der Waals surface area (Å²) >= 11 is 0. The lowest BCUT2D eigenvalue weighted by Gasteiger charge is -2.27. The molecule has 1 rings (SSSR count). The molecule has 0 atom stereocenters. The van der Waals surface area contributed by atoms with Crippen LogP contribution in [0, 0.1) is 0 Å². The molecule has 14 heavy (non-hydrogen) atoms. The minimum atomic E-state index is -1.34. The highest BCUT2D eigenvalue weighted by molar-refractivity contribution is 6.44. The summed E-state index contributed by atoms with van der Waals surface area (Å²) in [4.78, 5) is 2.18. The third-order valence-corrected chi connectivity index (χ3v) is 4.63. The van der Waals surface area contributed by atoms with Crippen LogP contribution in [-0.4, -0.2) is 58.7 Å². The van der Waals surface area contributed by atoms with E-state index in [1.807, 2.05) is 0 Å². The molecular formula is C9H21NO3Si. The summed E-state index contributed by atoms with van der Waals surface area (Å²) in [6, 6.07) is 1.11. The van der Waals surface area contributed by atoms with E-state index in [9.17, 15) is 0 Å². The maximum Gasteiger partial charge on any atom is 0.321 e. The quantitative estimate of drug-likeness (QED) is 0.674. The topological polar surface area (TPSA) is 41.9 Å². The number of hydrogen-bond donors (Lipinski definition) is 1. The van der Waals surface area contributed by atoms with Gasteiger partial charge in [0.1, 0.15) is 0 Å². The third kappa shape index (κ3) is 4.52. The van der Waals surface area contributed by atoms with Gasteiger partial charge in [-0.3, -0.25) is 4.90 Å². The van der Waals surface area contributed by atoms with Crippen LogP contribution in [0.25, 0.3) is 0 Å². The van der Waals surface area contributed by atoms with Gasteiger partial charge >= 0.3 is 9.28 Å². The normalized spacial score (nSPS) is 21.9. The molecule has 0 aromatic rings. The Bertz CT molecular complexity index is 124. The maximum atomic E-state index is 8.80. The lowest BCUT2D eigenvalue weighted by Crippen LogP contribution is -2.39. The van der Waals surface area contributed by atoms with Gasteiger partial charge in [0.05, 0.1) is 6.61 Å². The van der Waals surface area contributed by atoms with Crippen LogP contribution >= 0.6 is 0 Å². The summed E-state index contributed by atoms with van der Waals surface area (Å²) in [6.45, 7) is 6.49. The summed E-state index contributed by atoms with van der Waals surface area (Å²) in [7, 11) is -1.34. The first-order chi connectivity index (χ1) is 6.86. The SMILES string of the molecule is CCC[SiH]1OCCN(CCO)CCO1. The highest BCUT2D eigenvalue weighted by Crippen LogP contribution is 2.04. The molecule has 1 aliphatic heterocycles. The van der Waals surface area contributed by atoms with E-state index in [4.69, 9.17) is 14.0 Å². The zero-order valence-electron chi connectivity index (χ0n) is 8.95. The Kier molecular flexibility index (Phi) is 6.38. The fraction of sp³-hybridized carbons (Fsp3) is 1.00. The largest absolute Gasteiger partial charge is 0.395 e. The van der Waals surface area contributed by atoms with E-state index in [2.05, 4.69) is 11.8 Å². The Morgan fingerprint density at radius 2 is 1.93 bits per heavy atom. The van der Waals surface area contributed by atoms with E-state index in [1.54, 1.807) is 0 Å². The zero-order valence-corrected chi connectivity index (χ0v) is 10.1. The molecule has 0 amide bonds. The lowest BCUT2D eigenvalue weighted by molar-refractivity contribution is 0.0976. The van der Waals surface area contributed by atoms with E-state index in [0.717, 1.165) is 45.3 Å². The summed E-state index contributed by atoms with van der Waals surface area (Å²) in [5, 5.41) is 8.80. The van der Waals surface area contributed by atoms with Gasteiger partial charge in [-0.25, -0.2) is 0 Å². The molecule has 1 saturated heterocycles. The Labute approximate surface area is 87.7 Å². The smallest absolute Gasteiger partial charge is 0.321 e. The molecule has 0 bridgehead atoms. The maximum absolute atomic E-state index is 8.80. The molecule has 1 N–H and O–H groups in total. The first kappa shape index (κ1) is 12.1. The van der Waals surface area contributed by atoms with Crippen molar-refractivity contribution in [1.29, 1.82) is 0 Å². The second-order valence-corrected chi connectivity index (χ2v) is 5.63. The predicted molar refractivity (Wildman–Crippen MR) is 57.7 cm³/mol. The molecule has 4 nitrogen and oxygen atoms in total. The van der Waals surface area contributed by atoms with Gasteiger partial charge < -0.3 is 14.0 Å². The minimum absolute atomic E-state index is 0.218. The number of β-amino-alcohol motifs (C(OH)–C–C–N with tert-alkyl or cyclic N) is 1. The van der Waals surface area contributed by atoms with Gasteiger partial charge in [-0.05, 0) is 6.04 Å². The van der Waals surface area contributed by atoms with Crippen LogP contribution in [0.3, 0.4) is 0 Å². The van der Waals surface area contributed by atoms with Gasteiger partial charge in [-0.1, -0.05) is 13.3 Å². The van der Waals surface area contributed by atoms with Crippen molar-refractivity contribution in [2.75, 3.05) is 39.5 Å². The molecule has 0 unspecified atom stereocenters. The molecule has 0 radical (unpaired) electrons. The van der Waals surface area contributed by atoms with Crippen molar-refractivity contribution >= 4 is 9.28 Å². The van der Waals surface area contributed by atoms with Crippen LogP contribution in [0.5, 0.6) is 0 Å². The van der Waals surface area contributed by atoms with Gasteiger partial charge in [-0.15, -0.1) is 0 Å². The zero-order chi connectivity index (χ0) is 10.2. The number of rotatable bonds is 4. The molecule has 0 spiro atoms. The number of hydrogen-bond acceptors (Lipinski definition) is 4. The standard InChI is InChI=1S/C9H21NO3Si/c1-2-9-14-12-7-4-10(3-6-11)5-8-13-14/h11,14H,2-9H2,1H3. The van der Waals surface area contributed by atoms with Gasteiger partial charge in [0.15, 0.2) is 0 Å². The van der Waals surface area contributed by atoms with Gasteiger partial charge in [0.2, 0.25) is 0 Å². The molecule has 1 aliphatic rings. The van der Waals surface area contributed by atoms with Crippen molar-refractivity contribution < 1.29 is 14.0 Å². The third-order valence-electron chi connectivity index (χ3n) is 2.36. The Balaban J connectivity index is 2.20. The molecule has 0 aromatic carbocycles. The van der Waals surface area contributed by atoms with Crippen LogP contribution < -0.4 is 0 Å². The van der Waals surface area contributed by atoms with E-state index in [0.29, 0.717) is 0 Å². The van der Waals surface area contributed by atoms with E-state index >= 15 is 0 Å². The molecule has 84 valence electrons. The van der Waals surface area contributed by atoms with Crippen LogP contribution in [0.2, 0.25) is 6.04 Å². The Morgan fingerprint density at radius 1 is 1.29 bits per heavy atom. The van der Waals surface area contributed by atoms with Crippen molar-refractivity contribution in [2.45, 2.75) is 19.4 Å². The summed E-state index contributed by atoms with van der Waals surface area (Å²) < 4.78 is 11.4. The van der Waals surface area contributed by atoms with Crippen LogP contribution in [0.15, 0.2) is 0 Å². The van der Waals surface area contributed by atoms with Gasteiger partial charge in [-0.2, -0.15) is 0 Å². The Hall–Kier alpha value is 0.0569. The molecular weight excluding hydrogens is 198 g/mol. The first-order valence-electron chi connectivity index (χ1n) is 5.43. The molecule has 0 aromatic heterocycles. The average molecular weight is 219 g/mol. The van der Waals surface area contributed by atoms with Crippen LogP contribution in [0.4, 0.5) is 0 Å². The number of nitrogens with zero attached hydrogens (tertiary/aromatic N) is 1. The van der Waals surface area contributed by atoms with Crippen molar-refractivity contribution in [1.82, 2.24) is 4.90 Å². The van der Waals surface area contributed by atoms with E-state index in [1.165, 1.54) is 0 Å². The van der Waals surface area contributed by atoms with Gasteiger partial charge in [0.25, 0.3) is 0 Å². The average Bonchev–Trinajstić information content (AvgIpc) is 2.13. The highest BCUT2D eigenvalue weighted by atomic mass is 28.3. The highest BCUT2D eigenvalue weighted by Gasteiger charge is 2.16. The fourth-order valence-corrected chi connectivity index (χ4v) is 3.19. The number of aliphatic hydroxyl groups is 1.